The molecule has 0 radical (unpaired) electrons. The number of fused-ring (bicyclic) bond motifs is 1. The van der Waals surface area contributed by atoms with E-state index in [1.54, 1.807) is 7.05 Å². The summed E-state index contributed by atoms with van der Waals surface area (Å²) >= 11 is 0. The predicted octanol–water partition coefficient (Wildman–Crippen LogP) is 2.02. The topological polar surface area (TPSA) is 81.3 Å². The monoisotopic (exact) mass is 443 g/mol. The Labute approximate surface area is 159 Å². The predicted molar refractivity (Wildman–Crippen MR) is 110 cm³/mol. The molecule has 0 atom stereocenters. The number of para-hydroxylation sites is 1. The number of carbonyl (C=O) groups is 1. The minimum Gasteiger partial charge on any atom is -0.361 e. The molecule has 6 nitrogen and oxygen atoms in total. The van der Waals surface area contributed by atoms with Crippen molar-refractivity contribution in [2.75, 3.05) is 26.7 Å². The van der Waals surface area contributed by atoms with Gasteiger partial charge in [0, 0.05) is 37.2 Å². The number of nitrogens with one attached hydrogen (secondary N) is 4. The molecular formula is C17H26IN5O. The van der Waals surface area contributed by atoms with Crippen LogP contribution in [-0.4, -0.2) is 43.5 Å². The van der Waals surface area contributed by atoms with Crippen molar-refractivity contribution in [3.05, 3.63) is 36.0 Å². The van der Waals surface area contributed by atoms with Crippen molar-refractivity contribution in [3.63, 3.8) is 0 Å². The number of aromatic amines is 1. The number of guanidine groups is 1. The third-order valence-corrected chi connectivity index (χ3v) is 3.57. The Hall–Kier alpha value is -1.77. The molecule has 132 valence electrons. The lowest BCUT2D eigenvalue weighted by Gasteiger charge is -2.11. The molecule has 0 bridgehead atoms. The molecule has 2 rings (SSSR count). The Bertz CT molecular complexity index is 668. The van der Waals surface area contributed by atoms with E-state index in [0.29, 0.717) is 12.5 Å². The molecule has 1 aromatic carbocycles. The second kappa shape index (κ2) is 10.9. The molecular weight excluding hydrogens is 417 g/mol. The highest BCUT2D eigenvalue weighted by molar-refractivity contribution is 14.0. The van der Waals surface area contributed by atoms with Crippen molar-refractivity contribution in [2.24, 2.45) is 4.99 Å². The zero-order valence-corrected chi connectivity index (χ0v) is 16.5. The molecule has 4 N–H and O–H groups in total. The lowest BCUT2D eigenvalue weighted by molar-refractivity contribution is -0.120. The number of hydrogen-bond donors (Lipinski definition) is 4. The number of amides is 1. The largest absolute Gasteiger partial charge is 0.361 e. The van der Waals surface area contributed by atoms with Gasteiger partial charge in [-0.15, -0.1) is 24.0 Å². The maximum Gasteiger partial charge on any atom is 0.239 e. The van der Waals surface area contributed by atoms with E-state index in [1.807, 2.05) is 25.3 Å². The van der Waals surface area contributed by atoms with E-state index < -0.39 is 0 Å². The Morgan fingerprint density at radius 2 is 1.96 bits per heavy atom. The number of halogens is 1. The van der Waals surface area contributed by atoms with Crippen molar-refractivity contribution < 1.29 is 4.79 Å². The van der Waals surface area contributed by atoms with Gasteiger partial charge in [-0.2, -0.15) is 0 Å². The smallest absolute Gasteiger partial charge is 0.239 e. The number of carbonyl (C=O) groups excluding carboxylic acids is 1. The summed E-state index contributed by atoms with van der Waals surface area (Å²) in [6, 6.07) is 8.26. The highest BCUT2D eigenvalue weighted by Gasteiger charge is 2.05. The number of rotatable bonds is 7. The molecule has 0 aliphatic carbocycles. The third kappa shape index (κ3) is 6.03. The average Bonchev–Trinajstić information content (AvgIpc) is 2.99. The van der Waals surface area contributed by atoms with Gasteiger partial charge in [-0.3, -0.25) is 9.79 Å². The summed E-state index contributed by atoms with van der Waals surface area (Å²) in [4.78, 5) is 19.0. The number of H-pyrrole nitrogens is 1. The lowest BCUT2D eigenvalue weighted by Crippen LogP contribution is -2.43. The minimum absolute atomic E-state index is 0. The number of nitrogens with zero attached hydrogens (tertiary/aromatic N) is 1. The van der Waals surface area contributed by atoms with Crippen LogP contribution < -0.4 is 16.0 Å². The Balaban J connectivity index is 0.00000288. The molecule has 0 aliphatic rings. The van der Waals surface area contributed by atoms with Crippen LogP contribution in [0.15, 0.2) is 35.5 Å². The van der Waals surface area contributed by atoms with Crippen LogP contribution in [0.25, 0.3) is 10.9 Å². The van der Waals surface area contributed by atoms with Crippen LogP contribution >= 0.6 is 24.0 Å². The van der Waals surface area contributed by atoms with E-state index in [9.17, 15) is 4.79 Å². The van der Waals surface area contributed by atoms with Crippen LogP contribution in [0.1, 0.15) is 18.9 Å². The van der Waals surface area contributed by atoms with Crippen LogP contribution in [0.2, 0.25) is 0 Å². The van der Waals surface area contributed by atoms with Gasteiger partial charge in [-0.05, 0) is 24.5 Å². The van der Waals surface area contributed by atoms with Crippen LogP contribution in [0.4, 0.5) is 0 Å². The van der Waals surface area contributed by atoms with Crippen molar-refractivity contribution >= 4 is 46.7 Å². The maximum absolute atomic E-state index is 11.6. The van der Waals surface area contributed by atoms with Crippen molar-refractivity contribution in [2.45, 2.75) is 19.8 Å². The van der Waals surface area contributed by atoms with Gasteiger partial charge in [0.15, 0.2) is 5.96 Å². The molecule has 0 spiro atoms. The fourth-order valence-corrected chi connectivity index (χ4v) is 2.37. The highest BCUT2D eigenvalue weighted by atomic mass is 127. The van der Waals surface area contributed by atoms with Gasteiger partial charge in [0.25, 0.3) is 0 Å². The fourth-order valence-electron chi connectivity index (χ4n) is 2.37. The molecule has 0 fully saturated rings. The lowest BCUT2D eigenvalue weighted by atomic mass is 10.1. The number of aromatic nitrogens is 1. The number of aliphatic imine (C=N–C) groups is 1. The van der Waals surface area contributed by atoms with Crippen molar-refractivity contribution in [1.82, 2.24) is 20.9 Å². The standard InChI is InChI=1S/C17H25N5O.HI/c1-3-9-19-16(23)12-22-17(18-2)20-10-8-13-11-21-15-7-5-4-6-14(13)15;/h4-7,11,21H,3,8-10,12H2,1-2H3,(H,19,23)(H2,18,20,22);1H. The summed E-state index contributed by atoms with van der Waals surface area (Å²) in [5.41, 5.74) is 2.42. The zero-order chi connectivity index (χ0) is 16.5. The molecule has 0 aliphatic heterocycles. The SMILES string of the molecule is CCCNC(=O)CNC(=NC)NCCc1c[nH]c2ccccc12.I. The van der Waals surface area contributed by atoms with Crippen LogP contribution in [-0.2, 0) is 11.2 Å². The molecule has 24 heavy (non-hydrogen) atoms. The van der Waals surface area contributed by atoms with Crippen LogP contribution in [0.5, 0.6) is 0 Å². The van der Waals surface area contributed by atoms with E-state index in [-0.39, 0.29) is 36.4 Å². The first-order valence-electron chi connectivity index (χ1n) is 8.00. The third-order valence-electron chi connectivity index (χ3n) is 3.57. The van der Waals surface area contributed by atoms with Gasteiger partial charge in [0.2, 0.25) is 5.91 Å². The second-order valence-corrected chi connectivity index (χ2v) is 5.31. The van der Waals surface area contributed by atoms with E-state index in [2.05, 4.69) is 38.1 Å². The highest BCUT2D eigenvalue weighted by Crippen LogP contribution is 2.17. The number of benzene rings is 1. The molecule has 7 heteroatoms. The van der Waals surface area contributed by atoms with Gasteiger partial charge in [-0.25, -0.2) is 0 Å². The first kappa shape index (κ1) is 20.3. The summed E-state index contributed by atoms with van der Waals surface area (Å²) in [6.07, 6.45) is 3.86. The van der Waals surface area contributed by atoms with Crippen LogP contribution in [0, 0.1) is 0 Å². The van der Waals surface area contributed by atoms with Crippen molar-refractivity contribution in [3.8, 4) is 0 Å². The molecule has 0 unspecified atom stereocenters. The molecule has 0 saturated heterocycles. The summed E-state index contributed by atoms with van der Waals surface area (Å²) in [5.74, 6) is 0.614. The summed E-state index contributed by atoms with van der Waals surface area (Å²) in [6.45, 7) is 3.71. The Morgan fingerprint density at radius 1 is 1.17 bits per heavy atom. The Morgan fingerprint density at radius 3 is 2.71 bits per heavy atom. The van der Waals surface area contributed by atoms with Gasteiger partial charge in [0.1, 0.15) is 0 Å². The summed E-state index contributed by atoms with van der Waals surface area (Å²) in [7, 11) is 1.70. The van der Waals surface area contributed by atoms with E-state index in [1.165, 1.54) is 10.9 Å². The molecule has 2 aromatic rings. The van der Waals surface area contributed by atoms with Gasteiger partial charge >= 0.3 is 0 Å². The normalized spacial score (nSPS) is 11.0. The van der Waals surface area contributed by atoms with E-state index in [0.717, 1.165) is 24.9 Å². The first-order chi connectivity index (χ1) is 11.2. The molecule has 1 amide bonds. The molecule has 1 heterocycles. The zero-order valence-electron chi connectivity index (χ0n) is 14.2. The average molecular weight is 443 g/mol. The molecule has 1 aromatic heterocycles. The molecule has 0 saturated carbocycles. The van der Waals surface area contributed by atoms with Gasteiger partial charge in [-0.1, -0.05) is 25.1 Å². The van der Waals surface area contributed by atoms with Crippen LogP contribution in [0.3, 0.4) is 0 Å². The summed E-state index contributed by atoms with van der Waals surface area (Å²) in [5, 5.41) is 10.3. The van der Waals surface area contributed by atoms with Gasteiger partial charge < -0.3 is 20.9 Å². The fraction of sp³-hybridized carbons (Fsp3) is 0.412. The van der Waals surface area contributed by atoms with Crippen molar-refractivity contribution in [1.29, 1.82) is 0 Å². The van der Waals surface area contributed by atoms with E-state index in [4.69, 9.17) is 0 Å². The quantitative estimate of drug-likeness (QED) is 0.300. The van der Waals surface area contributed by atoms with E-state index >= 15 is 0 Å². The van der Waals surface area contributed by atoms with Gasteiger partial charge in [0.05, 0.1) is 6.54 Å². The number of hydrogen-bond acceptors (Lipinski definition) is 2. The Kier molecular flexibility index (Phi) is 9.21. The minimum atomic E-state index is -0.0218. The maximum atomic E-state index is 11.6. The first-order valence-corrected chi connectivity index (χ1v) is 8.00. The summed E-state index contributed by atoms with van der Waals surface area (Å²) < 4.78 is 0. The second-order valence-electron chi connectivity index (χ2n) is 5.31.